The summed E-state index contributed by atoms with van der Waals surface area (Å²) in [4.78, 5) is 4.58. The molecular formula is C19H11NO2. The monoisotopic (exact) mass is 285 g/mol. The Morgan fingerprint density at radius 2 is 1.45 bits per heavy atom. The normalized spacial score (nSPS) is 11.6. The Morgan fingerprint density at radius 3 is 2.36 bits per heavy atom. The first kappa shape index (κ1) is 11.6. The van der Waals surface area contributed by atoms with Gasteiger partial charge in [0.1, 0.15) is 16.7 Å². The number of fused-ring (bicyclic) bond motifs is 4. The Labute approximate surface area is 125 Å². The highest BCUT2D eigenvalue weighted by Crippen LogP contribution is 2.33. The van der Waals surface area contributed by atoms with Crippen LogP contribution < -0.4 is 0 Å². The molecule has 0 saturated carbocycles. The maximum absolute atomic E-state index is 5.93. The average molecular weight is 285 g/mol. The average Bonchev–Trinajstić information content (AvgIpc) is 3.14. The molecule has 104 valence electrons. The lowest BCUT2D eigenvalue weighted by Gasteiger charge is -1.91. The summed E-state index contributed by atoms with van der Waals surface area (Å²) < 4.78 is 11.8. The minimum absolute atomic E-state index is 0.632. The summed E-state index contributed by atoms with van der Waals surface area (Å²) in [6, 6.07) is 21.9. The van der Waals surface area contributed by atoms with E-state index in [0.29, 0.717) is 5.89 Å². The molecule has 3 aromatic carbocycles. The van der Waals surface area contributed by atoms with Crippen molar-refractivity contribution in [2.45, 2.75) is 0 Å². The zero-order valence-corrected chi connectivity index (χ0v) is 11.6. The minimum Gasteiger partial charge on any atom is -0.456 e. The number of para-hydroxylation sites is 1. The lowest BCUT2D eigenvalue weighted by atomic mass is 10.1. The van der Waals surface area contributed by atoms with Crippen LogP contribution in [-0.4, -0.2) is 4.98 Å². The van der Waals surface area contributed by atoms with Crippen LogP contribution in [0.15, 0.2) is 75.6 Å². The Kier molecular flexibility index (Phi) is 2.22. The number of benzene rings is 3. The molecule has 2 aromatic heterocycles. The van der Waals surface area contributed by atoms with Gasteiger partial charge in [-0.15, -0.1) is 0 Å². The topological polar surface area (TPSA) is 39.2 Å². The van der Waals surface area contributed by atoms with Crippen LogP contribution in [0.25, 0.3) is 44.5 Å². The van der Waals surface area contributed by atoms with Gasteiger partial charge in [-0.25, -0.2) is 4.98 Å². The molecule has 0 aliphatic carbocycles. The predicted molar refractivity (Wildman–Crippen MR) is 86.7 cm³/mol. The van der Waals surface area contributed by atoms with Crippen LogP contribution in [-0.2, 0) is 0 Å². The van der Waals surface area contributed by atoms with E-state index < -0.39 is 0 Å². The van der Waals surface area contributed by atoms with Crippen LogP contribution in [0.5, 0.6) is 0 Å². The number of oxazole rings is 1. The van der Waals surface area contributed by atoms with E-state index in [1.807, 2.05) is 60.7 Å². The van der Waals surface area contributed by atoms with Crippen molar-refractivity contribution in [1.29, 1.82) is 0 Å². The first-order chi connectivity index (χ1) is 10.9. The predicted octanol–water partition coefficient (Wildman–Crippen LogP) is 5.39. The Bertz CT molecular complexity index is 1120. The summed E-state index contributed by atoms with van der Waals surface area (Å²) >= 11 is 0. The second-order valence-corrected chi connectivity index (χ2v) is 5.30. The summed E-state index contributed by atoms with van der Waals surface area (Å²) in [5, 5.41) is 2.15. The molecule has 0 spiro atoms. The van der Waals surface area contributed by atoms with Gasteiger partial charge < -0.3 is 8.83 Å². The first-order valence-corrected chi connectivity index (χ1v) is 7.16. The molecule has 0 radical (unpaired) electrons. The van der Waals surface area contributed by atoms with Crippen molar-refractivity contribution in [1.82, 2.24) is 4.98 Å². The van der Waals surface area contributed by atoms with Crippen molar-refractivity contribution in [3.8, 4) is 11.5 Å². The minimum atomic E-state index is 0.632. The lowest BCUT2D eigenvalue weighted by molar-refractivity contribution is 0.620. The van der Waals surface area contributed by atoms with E-state index in [4.69, 9.17) is 8.83 Å². The molecule has 0 bridgehead atoms. The maximum Gasteiger partial charge on any atom is 0.227 e. The Balaban J connectivity index is 1.81. The molecule has 0 saturated heterocycles. The molecule has 2 heterocycles. The summed E-state index contributed by atoms with van der Waals surface area (Å²) in [6.45, 7) is 0. The molecule has 5 aromatic rings. The zero-order valence-electron chi connectivity index (χ0n) is 11.6. The number of nitrogens with zero attached hydrogens (tertiary/aromatic N) is 1. The van der Waals surface area contributed by atoms with Gasteiger partial charge in [0.2, 0.25) is 5.89 Å². The van der Waals surface area contributed by atoms with Gasteiger partial charge >= 0.3 is 0 Å². The van der Waals surface area contributed by atoms with Gasteiger partial charge in [-0.3, -0.25) is 0 Å². The molecule has 0 amide bonds. The van der Waals surface area contributed by atoms with Gasteiger partial charge in [0.25, 0.3) is 0 Å². The summed E-state index contributed by atoms with van der Waals surface area (Å²) in [7, 11) is 0. The van der Waals surface area contributed by atoms with Crippen LogP contribution in [0.1, 0.15) is 0 Å². The van der Waals surface area contributed by atoms with Crippen molar-refractivity contribution < 1.29 is 8.83 Å². The van der Waals surface area contributed by atoms with Crippen molar-refractivity contribution in [3.63, 3.8) is 0 Å². The fraction of sp³-hybridized carbons (Fsp3) is 0. The third kappa shape index (κ3) is 1.59. The van der Waals surface area contributed by atoms with E-state index in [1.165, 1.54) is 0 Å². The van der Waals surface area contributed by atoms with Crippen molar-refractivity contribution in [2.24, 2.45) is 0 Å². The van der Waals surface area contributed by atoms with Crippen LogP contribution in [0.2, 0.25) is 0 Å². The van der Waals surface area contributed by atoms with E-state index in [0.717, 1.165) is 38.6 Å². The van der Waals surface area contributed by atoms with Gasteiger partial charge in [-0.1, -0.05) is 36.4 Å². The summed E-state index contributed by atoms with van der Waals surface area (Å²) in [6.07, 6.45) is 0. The van der Waals surface area contributed by atoms with E-state index >= 15 is 0 Å². The van der Waals surface area contributed by atoms with Crippen LogP contribution >= 0.6 is 0 Å². The van der Waals surface area contributed by atoms with Crippen LogP contribution in [0.3, 0.4) is 0 Å². The van der Waals surface area contributed by atoms with E-state index in [-0.39, 0.29) is 0 Å². The fourth-order valence-corrected chi connectivity index (χ4v) is 2.85. The fourth-order valence-electron chi connectivity index (χ4n) is 2.85. The molecular weight excluding hydrogens is 274 g/mol. The van der Waals surface area contributed by atoms with Gasteiger partial charge in [0, 0.05) is 22.4 Å². The Morgan fingerprint density at radius 1 is 0.636 bits per heavy atom. The summed E-state index contributed by atoms with van der Waals surface area (Å²) in [5.74, 6) is 0.632. The van der Waals surface area contributed by atoms with E-state index in [9.17, 15) is 0 Å². The van der Waals surface area contributed by atoms with Crippen molar-refractivity contribution in [2.75, 3.05) is 0 Å². The van der Waals surface area contributed by atoms with Gasteiger partial charge in [-0.05, 0) is 24.3 Å². The largest absolute Gasteiger partial charge is 0.456 e. The van der Waals surface area contributed by atoms with Gasteiger partial charge in [0.15, 0.2) is 5.58 Å². The second-order valence-electron chi connectivity index (χ2n) is 5.30. The molecule has 0 atom stereocenters. The molecule has 22 heavy (non-hydrogen) atoms. The van der Waals surface area contributed by atoms with Crippen molar-refractivity contribution >= 4 is 33.0 Å². The Hall–Kier alpha value is -3.07. The number of hydrogen-bond donors (Lipinski definition) is 0. The van der Waals surface area contributed by atoms with Gasteiger partial charge in [0.05, 0.1) is 0 Å². The number of furan rings is 1. The molecule has 0 N–H and O–H groups in total. The molecule has 0 aliphatic rings. The van der Waals surface area contributed by atoms with Crippen LogP contribution in [0.4, 0.5) is 0 Å². The maximum atomic E-state index is 5.93. The second kappa shape index (κ2) is 4.21. The van der Waals surface area contributed by atoms with Crippen LogP contribution in [0, 0.1) is 0 Å². The van der Waals surface area contributed by atoms with Gasteiger partial charge in [-0.2, -0.15) is 0 Å². The first-order valence-electron chi connectivity index (χ1n) is 7.16. The number of aromatic nitrogens is 1. The molecule has 0 unspecified atom stereocenters. The third-order valence-electron chi connectivity index (χ3n) is 3.91. The molecule has 0 aliphatic heterocycles. The third-order valence-corrected chi connectivity index (χ3v) is 3.91. The molecule has 5 rings (SSSR count). The van der Waals surface area contributed by atoms with E-state index in [1.54, 1.807) is 0 Å². The molecule has 3 heteroatoms. The van der Waals surface area contributed by atoms with E-state index in [2.05, 4.69) is 11.1 Å². The number of rotatable bonds is 1. The highest BCUT2D eigenvalue weighted by Gasteiger charge is 2.13. The molecule has 3 nitrogen and oxygen atoms in total. The van der Waals surface area contributed by atoms with Crippen molar-refractivity contribution in [3.05, 3.63) is 66.7 Å². The lowest BCUT2D eigenvalue weighted by Crippen LogP contribution is -1.74. The quantitative estimate of drug-likeness (QED) is 0.414. The summed E-state index contributed by atoms with van der Waals surface area (Å²) in [5.41, 5.74) is 4.28. The smallest absolute Gasteiger partial charge is 0.227 e. The highest BCUT2D eigenvalue weighted by molar-refractivity contribution is 6.08. The standard InChI is InChI=1S/C19H11NO2/c1-2-6-12(7-3-1)19-20-15-11-17-14(10-18(15)22-19)13-8-4-5-9-16(13)21-17/h1-11H. The highest BCUT2D eigenvalue weighted by atomic mass is 16.4. The zero-order chi connectivity index (χ0) is 14.5. The SMILES string of the molecule is c1ccc(-c2nc3cc4oc5ccccc5c4cc3o2)cc1. The molecule has 0 fully saturated rings. The number of hydrogen-bond acceptors (Lipinski definition) is 3.